The minimum Gasteiger partial charge on any atom is -0.491 e. The molecule has 1 aromatic rings. The van der Waals surface area contributed by atoms with E-state index in [4.69, 9.17) is 9.47 Å². The van der Waals surface area contributed by atoms with Crippen LogP contribution in [-0.4, -0.2) is 26.1 Å². The summed E-state index contributed by atoms with van der Waals surface area (Å²) >= 11 is 0. The summed E-state index contributed by atoms with van der Waals surface area (Å²) in [5, 5.41) is 0. The standard InChI is InChI=1S/C11H14O3/c1-2-13-7-8-14-11-5-3-10(9-12)4-6-11/h3-6,9H,2,7-8H2,1H3. The van der Waals surface area contributed by atoms with Crippen LogP contribution in [0.15, 0.2) is 24.3 Å². The van der Waals surface area contributed by atoms with Crippen molar-refractivity contribution in [1.82, 2.24) is 0 Å². The molecular formula is C11H14O3. The lowest BCUT2D eigenvalue weighted by Gasteiger charge is -2.05. The van der Waals surface area contributed by atoms with Crippen LogP contribution < -0.4 is 4.74 Å². The van der Waals surface area contributed by atoms with E-state index in [1.807, 2.05) is 6.92 Å². The summed E-state index contributed by atoms with van der Waals surface area (Å²) in [5.41, 5.74) is 0.655. The molecule has 0 saturated heterocycles. The van der Waals surface area contributed by atoms with Crippen molar-refractivity contribution in [3.63, 3.8) is 0 Å². The van der Waals surface area contributed by atoms with E-state index in [-0.39, 0.29) is 0 Å². The van der Waals surface area contributed by atoms with Crippen molar-refractivity contribution in [2.75, 3.05) is 19.8 Å². The number of aldehydes is 1. The molecule has 0 aliphatic heterocycles. The van der Waals surface area contributed by atoms with Crippen LogP contribution in [0.3, 0.4) is 0 Å². The van der Waals surface area contributed by atoms with Crippen LogP contribution in [0.4, 0.5) is 0 Å². The normalized spacial score (nSPS) is 9.79. The Morgan fingerprint density at radius 2 is 1.93 bits per heavy atom. The molecule has 0 unspecified atom stereocenters. The van der Waals surface area contributed by atoms with Crippen LogP contribution >= 0.6 is 0 Å². The van der Waals surface area contributed by atoms with E-state index in [9.17, 15) is 4.79 Å². The zero-order valence-electron chi connectivity index (χ0n) is 8.23. The molecule has 0 aliphatic rings. The Hall–Kier alpha value is -1.35. The number of hydrogen-bond donors (Lipinski definition) is 0. The number of carbonyl (C=O) groups excluding carboxylic acids is 1. The largest absolute Gasteiger partial charge is 0.491 e. The SMILES string of the molecule is CCOCCOc1ccc(C=O)cc1. The van der Waals surface area contributed by atoms with Gasteiger partial charge in [0.1, 0.15) is 18.6 Å². The van der Waals surface area contributed by atoms with Crippen molar-refractivity contribution in [3.8, 4) is 5.75 Å². The Morgan fingerprint density at radius 3 is 2.50 bits per heavy atom. The van der Waals surface area contributed by atoms with Gasteiger partial charge in [-0.05, 0) is 31.2 Å². The van der Waals surface area contributed by atoms with Gasteiger partial charge in [-0.2, -0.15) is 0 Å². The predicted octanol–water partition coefficient (Wildman–Crippen LogP) is 1.91. The molecular weight excluding hydrogens is 180 g/mol. The lowest BCUT2D eigenvalue weighted by atomic mass is 10.2. The molecule has 0 bridgehead atoms. The Kier molecular flexibility index (Phi) is 4.72. The second kappa shape index (κ2) is 6.16. The minimum atomic E-state index is 0.536. The first-order valence-electron chi connectivity index (χ1n) is 4.62. The van der Waals surface area contributed by atoms with E-state index < -0.39 is 0 Å². The number of benzene rings is 1. The van der Waals surface area contributed by atoms with Gasteiger partial charge in [0.2, 0.25) is 0 Å². The Morgan fingerprint density at radius 1 is 1.21 bits per heavy atom. The molecule has 1 aromatic carbocycles. The second-order valence-electron chi connectivity index (χ2n) is 2.73. The molecule has 3 heteroatoms. The highest BCUT2D eigenvalue weighted by Gasteiger charge is 1.93. The van der Waals surface area contributed by atoms with E-state index in [0.717, 1.165) is 12.0 Å². The van der Waals surface area contributed by atoms with Crippen LogP contribution in [0.5, 0.6) is 5.75 Å². The number of carbonyl (C=O) groups is 1. The molecule has 76 valence electrons. The molecule has 0 amide bonds. The molecule has 0 aliphatic carbocycles. The van der Waals surface area contributed by atoms with Gasteiger partial charge < -0.3 is 9.47 Å². The monoisotopic (exact) mass is 194 g/mol. The van der Waals surface area contributed by atoms with E-state index >= 15 is 0 Å². The van der Waals surface area contributed by atoms with Crippen molar-refractivity contribution in [2.24, 2.45) is 0 Å². The lowest BCUT2D eigenvalue weighted by molar-refractivity contribution is 0.110. The van der Waals surface area contributed by atoms with Gasteiger partial charge in [-0.15, -0.1) is 0 Å². The van der Waals surface area contributed by atoms with Crippen molar-refractivity contribution in [3.05, 3.63) is 29.8 Å². The van der Waals surface area contributed by atoms with Crippen molar-refractivity contribution >= 4 is 6.29 Å². The average Bonchev–Trinajstić information content (AvgIpc) is 2.25. The molecule has 3 nitrogen and oxygen atoms in total. The summed E-state index contributed by atoms with van der Waals surface area (Å²) in [6.45, 7) is 3.77. The van der Waals surface area contributed by atoms with Gasteiger partial charge in [0, 0.05) is 12.2 Å². The van der Waals surface area contributed by atoms with Crippen LogP contribution in [0.2, 0.25) is 0 Å². The predicted molar refractivity (Wildman–Crippen MR) is 53.8 cm³/mol. The molecule has 0 spiro atoms. The summed E-state index contributed by atoms with van der Waals surface area (Å²) in [4.78, 5) is 10.4. The zero-order valence-corrected chi connectivity index (χ0v) is 8.23. The van der Waals surface area contributed by atoms with E-state index in [2.05, 4.69) is 0 Å². The highest BCUT2D eigenvalue weighted by atomic mass is 16.5. The molecule has 0 radical (unpaired) electrons. The van der Waals surface area contributed by atoms with Crippen LogP contribution in [0.1, 0.15) is 17.3 Å². The lowest BCUT2D eigenvalue weighted by Crippen LogP contribution is -2.06. The Bertz CT molecular complexity index is 266. The fourth-order valence-electron chi connectivity index (χ4n) is 1.01. The third-order valence-corrected chi connectivity index (χ3v) is 1.72. The third kappa shape index (κ3) is 3.58. The Labute approximate surface area is 83.6 Å². The van der Waals surface area contributed by atoms with Gasteiger partial charge in [0.15, 0.2) is 0 Å². The molecule has 0 saturated carbocycles. The van der Waals surface area contributed by atoms with Gasteiger partial charge in [0.05, 0.1) is 6.61 Å². The molecule has 0 fully saturated rings. The third-order valence-electron chi connectivity index (χ3n) is 1.72. The van der Waals surface area contributed by atoms with Gasteiger partial charge >= 0.3 is 0 Å². The number of ether oxygens (including phenoxy) is 2. The molecule has 0 N–H and O–H groups in total. The van der Waals surface area contributed by atoms with Crippen LogP contribution in [0, 0.1) is 0 Å². The number of rotatable bonds is 6. The maximum absolute atomic E-state index is 10.4. The minimum absolute atomic E-state index is 0.536. The fourth-order valence-corrected chi connectivity index (χ4v) is 1.01. The summed E-state index contributed by atoms with van der Waals surface area (Å²) in [6, 6.07) is 7.00. The quantitative estimate of drug-likeness (QED) is 0.512. The first-order chi connectivity index (χ1) is 6.86. The smallest absolute Gasteiger partial charge is 0.150 e. The first-order valence-corrected chi connectivity index (χ1v) is 4.62. The van der Waals surface area contributed by atoms with Gasteiger partial charge in [-0.25, -0.2) is 0 Å². The van der Waals surface area contributed by atoms with Crippen molar-refractivity contribution in [1.29, 1.82) is 0 Å². The maximum atomic E-state index is 10.4. The zero-order chi connectivity index (χ0) is 10.2. The first kappa shape index (κ1) is 10.7. The summed E-state index contributed by atoms with van der Waals surface area (Å²) in [6.07, 6.45) is 0.809. The molecule has 1 rings (SSSR count). The molecule has 14 heavy (non-hydrogen) atoms. The highest BCUT2D eigenvalue weighted by molar-refractivity contribution is 5.74. The van der Waals surface area contributed by atoms with E-state index in [0.29, 0.717) is 25.4 Å². The maximum Gasteiger partial charge on any atom is 0.150 e. The molecule has 0 aromatic heterocycles. The summed E-state index contributed by atoms with van der Waals surface area (Å²) < 4.78 is 10.5. The van der Waals surface area contributed by atoms with Crippen LogP contribution in [0.25, 0.3) is 0 Å². The molecule has 0 heterocycles. The fraction of sp³-hybridized carbons (Fsp3) is 0.364. The Balaban J connectivity index is 2.32. The molecule has 0 atom stereocenters. The van der Waals surface area contributed by atoms with Gasteiger partial charge in [0.25, 0.3) is 0 Å². The van der Waals surface area contributed by atoms with Gasteiger partial charge in [-0.3, -0.25) is 4.79 Å². The average molecular weight is 194 g/mol. The second-order valence-corrected chi connectivity index (χ2v) is 2.73. The highest BCUT2D eigenvalue weighted by Crippen LogP contribution is 2.10. The van der Waals surface area contributed by atoms with Crippen molar-refractivity contribution < 1.29 is 14.3 Å². The topological polar surface area (TPSA) is 35.5 Å². The van der Waals surface area contributed by atoms with E-state index in [1.54, 1.807) is 24.3 Å². The van der Waals surface area contributed by atoms with E-state index in [1.165, 1.54) is 0 Å². The van der Waals surface area contributed by atoms with Crippen molar-refractivity contribution in [2.45, 2.75) is 6.92 Å². The van der Waals surface area contributed by atoms with Gasteiger partial charge in [-0.1, -0.05) is 0 Å². The summed E-state index contributed by atoms with van der Waals surface area (Å²) in [7, 11) is 0. The number of hydrogen-bond acceptors (Lipinski definition) is 3. The van der Waals surface area contributed by atoms with Crippen LogP contribution in [-0.2, 0) is 4.74 Å². The summed E-state index contributed by atoms with van der Waals surface area (Å²) in [5.74, 6) is 0.760.